The number of pyridine rings is 1. The minimum Gasteiger partial charge on any atom is -0.507 e. The number of fused-ring (bicyclic) bond motifs is 1. The number of amidine groups is 1. The van der Waals surface area contributed by atoms with Gasteiger partial charge in [0.25, 0.3) is 0 Å². The van der Waals surface area contributed by atoms with Gasteiger partial charge in [-0.3, -0.25) is 9.99 Å². The number of hydrogen-bond acceptors (Lipinski definition) is 6. The molecule has 0 amide bonds. The minimum absolute atomic E-state index is 0.247. The molecule has 4 rings (SSSR count). The molecule has 1 aromatic carbocycles. The van der Waals surface area contributed by atoms with E-state index < -0.39 is 0 Å². The maximum absolute atomic E-state index is 9.96. The number of anilines is 1. The van der Waals surface area contributed by atoms with E-state index in [0.717, 1.165) is 33.8 Å². The average molecular weight is 333 g/mol. The number of nitrogens with one attached hydrogen (secondary N) is 2. The Morgan fingerprint density at radius 1 is 1.20 bits per heavy atom. The number of nitrogens with zero attached hydrogens (tertiary/aromatic N) is 3. The minimum atomic E-state index is -0.247. The van der Waals surface area contributed by atoms with Crippen LogP contribution in [0.5, 0.6) is 5.75 Å². The largest absolute Gasteiger partial charge is 0.507 e. The Hall–Kier alpha value is -3.12. The third-order valence-corrected chi connectivity index (χ3v) is 4.24. The summed E-state index contributed by atoms with van der Waals surface area (Å²) in [5.74, 6) is 1.20. The monoisotopic (exact) mass is 333 g/mol. The van der Waals surface area contributed by atoms with E-state index in [2.05, 4.69) is 20.7 Å². The number of phenolic OH excluding ortho intramolecular Hbond substituents is 1. The number of benzene rings is 1. The van der Waals surface area contributed by atoms with Crippen molar-refractivity contribution >= 4 is 17.1 Å². The van der Waals surface area contributed by atoms with Crippen LogP contribution in [0.3, 0.4) is 0 Å². The third-order valence-electron chi connectivity index (χ3n) is 4.24. The fourth-order valence-electron chi connectivity index (χ4n) is 2.96. The van der Waals surface area contributed by atoms with Crippen LogP contribution in [0.25, 0.3) is 5.57 Å². The molecule has 0 radical (unpaired) electrons. The van der Waals surface area contributed by atoms with Gasteiger partial charge in [-0.15, -0.1) is 0 Å². The predicted octanol–water partition coefficient (Wildman–Crippen LogP) is 2.93. The summed E-state index contributed by atoms with van der Waals surface area (Å²) < 4.78 is 0. The lowest BCUT2D eigenvalue weighted by Crippen LogP contribution is -2.40. The highest BCUT2D eigenvalue weighted by Crippen LogP contribution is 2.29. The van der Waals surface area contributed by atoms with Crippen LogP contribution in [0.4, 0.5) is 5.69 Å². The Bertz CT molecular complexity index is 878. The molecule has 1 unspecified atom stereocenters. The van der Waals surface area contributed by atoms with Gasteiger partial charge in [0.15, 0.2) is 6.29 Å². The highest BCUT2D eigenvalue weighted by Gasteiger charge is 2.24. The summed E-state index contributed by atoms with van der Waals surface area (Å²) in [7, 11) is 0. The molecule has 1 aromatic heterocycles. The first-order valence-corrected chi connectivity index (χ1v) is 8.10. The molecule has 2 aromatic rings. The molecule has 2 aliphatic rings. The number of aryl methyl sites for hydroxylation is 2. The Morgan fingerprint density at radius 2 is 2.00 bits per heavy atom. The number of allylic oxidation sites excluding steroid dienone is 2. The molecule has 0 saturated heterocycles. The van der Waals surface area contributed by atoms with Gasteiger partial charge in [-0.1, -0.05) is 0 Å². The van der Waals surface area contributed by atoms with E-state index >= 15 is 0 Å². The first kappa shape index (κ1) is 15.4. The van der Waals surface area contributed by atoms with E-state index in [1.54, 1.807) is 12.4 Å². The SMILES string of the molecule is Cc1cc(C2=CN3NC(Nc4cccnc4)N=C3C=C2)cc(C)c1O. The zero-order valence-electron chi connectivity index (χ0n) is 14.1. The summed E-state index contributed by atoms with van der Waals surface area (Å²) in [6.45, 7) is 3.82. The molecule has 126 valence electrons. The van der Waals surface area contributed by atoms with Crippen molar-refractivity contribution < 1.29 is 5.11 Å². The Morgan fingerprint density at radius 3 is 2.72 bits per heavy atom. The van der Waals surface area contributed by atoms with Crippen molar-refractivity contribution in [2.75, 3.05) is 5.32 Å². The average Bonchev–Trinajstić information content (AvgIpc) is 3.01. The normalized spacial score (nSPS) is 18.6. The van der Waals surface area contributed by atoms with Gasteiger partial charge in [-0.2, -0.15) is 5.43 Å². The van der Waals surface area contributed by atoms with E-state index in [0.29, 0.717) is 5.75 Å². The van der Waals surface area contributed by atoms with Crippen molar-refractivity contribution in [2.45, 2.75) is 20.1 Å². The van der Waals surface area contributed by atoms with Crippen molar-refractivity contribution in [2.24, 2.45) is 4.99 Å². The van der Waals surface area contributed by atoms with Gasteiger partial charge in [-0.05, 0) is 72.5 Å². The fraction of sp³-hybridized carbons (Fsp3) is 0.158. The third kappa shape index (κ3) is 2.99. The molecule has 0 spiro atoms. The van der Waals surface area contributed by atoms with Crippen molar-refractivity contribution in [3.63, 3.8) is 0 Å². The molecule has 0 bridgehead atoms. The number of rotatable bonds is 3. The van der Waals surface area contributed by atoms with Crippen LogP contribution in [-0.4, -0.2) is 27.2 Å². The maximum Gasteiger partial charge on any atom is 0.193 e. The molecule has 0 aliphatic carbocycles. The van der Waals surface area contributed by atoms with Crippen LogP contribution in [0.15, 0.2) is 60.0 Å². The van der Waals surface area contributed by atoms with Crippen molar-refractivity contribution in [3.8, 4) is 5.75 Å². The predicted molar refractivity (Wildman–Crippen MR) is 98.8 cm³/mol. The van der Waals surface area contributed by atoms with Gasteiger partial charge >= 0.3 is 0 Å². The van der Waals surface area contributed by atoms with Crippen LogP contribution < -0.4 is 10.7 Å². The van der Waals surface area contributed by atoms with Gasteiger partial charge in [-0.25, -0.2) is 4.99 Å². The smallest absolute Gasteiger partial charge is 0.193 e. The van der Waals surface area contributed by atoms with Gasteiger partial charge in [0, 0.05) is 12.4 Å². The molecule has 0 saturated carbocycles. The number of hydrogen-bond donors (Lipinski definition) is 3. The zero-order valence-corrected chi connectivity index (χ0v) is 14.1. The lowest BCUT2D eigenvalue weighted by Gasteiger charge is -2.21. The van der Waals surface area contributed by atoms with Crippen LogP contribution >= 0.6 is 0 Å². The second-order valence-electron chi connectivity index (χ2n) is 6.15. The lowest BCUT2D eigenvalue weighted by molar-refractivity contribution is 0.402. The fourth-order valence-corrected chi connectivity index (χ4v) is 2.96. The highest BCUT2D eigenvalue weighted by molar-refractivity contribution is 6.00. The molecular formula is C19H19N5O. The lowest BCUT2D eigenvalue weighted by atomic mass is 9.99. The van der Waals surface area contributed by atoms with Crippen LogP contribution in [0.2, 0.25) is 0 Å². The first-order valence-electron chi connectivity index (χ1n) is 8.10. The molecule has 3 heterocycles. The molecule has 3 N–H and O–H groups in total. The molecule has 25 heavy (non-hydrogen) atoms. The first-order chi connectivity index (χ1) is 12.1. The highest BCUT2D eigenvalue weighted by atomic mass is 16.3. The molecule has 1 atom stereocenters. The van der Waals surface area contributed by atoms with E-state index in [4.69, 9.17) is 0 Å². The number of aromatic nitrogens is 1. The second-order valence-corrected chi connectivity index (χ2v) is 6.15. The van der Waals surface area contributed by atoms with Crippen molar-refractivity contribution in [1.29, 1.82) is 0 Å². The van der Waals surface area contributed by atoms with E-state index in [1.807, 2.05) is 61.5 Å². The van der Waals surface area contributed by atoms with E-state index in [1.165, 1.54) is 0 Å². The molecule has 2 aliphatic heterocycles. The summed E-state index contributed by atoms with van der Waals surface area (Å²) in [6, 6.07) is 7.81. The van der Waals surface area contributed by atoms with Gasteiger partial charge in [0.1, 0.15) is 11.6 Å². The summed E-state index contributed by atoms with van der Waals surface area (Å²) in [6.07, 6.45) is 9.27. The number of aliphatic imine (C=N–C) groups is 1. The standard InChI is InChI=1S/C19H19N5O/c1-12-8-15(9-13(2)18(12)25)14-5-6-17-22-19(23-24(17)11-14)21-16-4-3-7-20-10-16/h3-11,19,21,23,25H,1-2H3. The topological polar surface area (TPSA) is 72.8 Å². The van der Waals surface area contributed by atoms with Gasteiger partial charge in [0.2, 0.25) is 0 Å². The summed E-state index contributed by atoms with van der Waals surface area (Å²) >= 11 is 0. The second kappa shape index (κ2) is 6.07. The Kier molecular flexibility index (Phi) is 3.74. The summed E-state index contributed by atoms with van der Waals surface area (Å²) in [5.41, 5.74) is 8.06. The Labute approximate surface area is 146 Å². The van der Waals surface area contributed by atoms with Gasteiger partial charge in [0.05, 0.1) is 11.9 Å². The van der Waals surface area contributed by atoms with Gasteiger partial charge < -0.3 is 10.4 Å². The number of hydrazine groups is 1. The molecule has 0 fully saturated rings. The Balaban J connectivity index is 1.55. The summed E-state index contributed by atoms with van der Waals surface area (Å²) in [4.78, 5) is 8.70. The van der Waals surface area contributed by atoms with E-state index in [-0.39, 0.29) is 6.29 Å². The molecule has 6 heteroatoms. The molecule has 6 nitrogen and oxygen atoms in total. The number of aromatic hydroxyl groups is 1. The quantitative estimate of drug-likeness (QED) is 0.805. The van der Waals surface area contributed by atoms with Crippen molar-refractivity contribution in [3.05, 3.63) is 71.7 Å². The van der Waals surface area contributed by atoms with Crippen LogP contribution in [0, 0.1) is 13.8 Å². The van der Waals surface area contributed by atoms with Crippen LogP contribution in [-0.2, 0) is 0 Å². The molecular weight excluding hydrogens is 314 g/mol. The summed E-state index contributed by atoms with van der Waals surface area (Å²) in [5, 5.41) is 15.1. The number of phenols is 1. The van der Waals surface area contributed by atoms with Crippen LogP contribution in [0.1, 0.15) is 16.7 Å². The van der Waals surface area contributed by atoms with Crippen molar-refractivity contribution in [1.82, 2.24) is 15.4 Å². The van der Waals surface area contributed by atoms with E-state index in [9.17, 15) is 5.11 Å². The maximum atomic E-state index is 9.96. The zero-order chi connectivity index (χ0) is 17.4.